The fourth-order valence-corrected chi connectivity index (χ4v) is 8.79. The number of benzene rings is 1. The average molecular weight is 485 g/mol. The van der Waals surface area contributed by atoms with Gasteiger partial charge in [-0.2, -0.15) is 5.26 Å². The number of hydrogen-bond donors (Lipinski definition) is 2. The van der Waals surface area contributed by atoms with E-state index in [4.69, 9.17) is 0 Å². The Bertz CT molecular complexity index is 1130. The minimum absolute atomic E-state index is 0.0417. The summed E-state index contributed by atoms with van der Waals surface area (Å²) in [6.45, 7) is 2.27. The summed E-state index contributed by atoms with van der Waals surface area (Å²) in [6, 6.07) is 7.99. The van der Waals surface area contributed by atoms with Crippen molar-refractivity contribution in [1.29, 1.82) is 5.26 Å². The lowest BCUT2D eigenvalue weighted by atomic mass is 9.50. The monoisotopic (exact) mass is 484 g/mol. The molecule has 0 radical (unpaired) electrons. The van der Waals surface area contributed by atoms with E-state index in [1.54, 1.807) is 17.0 Å². The summed E-state index contributed by atoms with van der Waals surface area (Å²) < 4.78 is 29.7. The van der Waals surface area contributed by atoms with Gasteiger partial charge in [0.1, 0.15) is 6.04 Å². The predicted molar refractivity (Wildman–Crippen MR) is 125 cm³/mol. The highest BCUT2D eigenvalue weighted by molar-refractivity contribution is 7.89. The van der Waals surface area contributed by atoms with Gasteiger partial charge in [0.05, 0.1) is 17.5 Å². The molecule has 4 saturated carbocycles. The number of nitriles is 1. The van der Waals surface area contributed by atoms with Crippen LogP contribution in [0.5, 0.6) is 0 Å². The van der Waals surface area contributed by atoms with E-state index in [2.05, 4.69) is 16.1 Å². The molecular weight excluding hydrogens is 452 g/mol. The van der Waals surface area contributed by atoms with Gasteiger partial charge in [0.15, 0.2) is 5.78 Å². The molecule has 1 amide bonds. The molecule has 2 N–H and O–H groups in total. The summed E-state index contributed by atoms with van der Waals surface area (Å²) in [7, 11) is -3.75. The molecule has 0 aromatic heterocycles. The first-order valence-electron chi connectivity index (χ1n) is 12.2. The summed E-state index contributed by atoms with van der Waals surface area (Å²) in [6.07, 6.45) is 6.89. The van der Waals surface area contributed by atoms with E-state index in [0.717, 1.165) is 44.9 Å². The largest absolute Gasteiger partial charge is 0.326 e. The SMILES string of the molecule is CC(=O)c1ccc(S(=O)(=O)NC23CC4CC(CC(NCC(=O)N5CCC[C@H]5C#N)(C4)C2)C3)cc1. The molecule has 1 saturated heterocycles. The van der Waals surface area contributed by atoms with Crippen LogP contribution in [-0.2, 0) is 14.8 Å². The Kier molecular flexibility index (Phi) is 5.82. The number of nitrogens with zero attached hydrogens (tertiary/aromatic N) is 2. The molecule has 1 aromatic rings. The molecule has 4 bridgehead atoms. The first kappa shape index (κ1) is 23.5. The molecule has 34 heavy (non-hydrogen) atoms. The zero-order valence-electron chi connectivity index (χ0n) is 19.5. The van der Waals surface area contributed by atoms with Crippen molar-refractivity contribution in [3.63, 3.8) is 0 Å². The van der Waals surface area contributed by atoms with Crippen molar-refractivity contribution in [2.75, 3.05) is 13.1 Å². The normalized spacial score (nSPS) is 34.2. The number of sulfonamides is 1. The maximum atomic E-state index is 13.3. The second kappa shape index (κ2) is 8.43. The molecule has 4 aliphatic carbocycles. The number of carbonyl (C=O) groups excluding carboxylic acids is 2. The molecule has 8 nitrogen and oxygen atoms in total. The lowest BCUT2D eigenvalue weighted by Crippen LogP contribution is -2.69. The van der Waals surface area contributed by atoms with Gasteiger partial charge in [-0.05, 0) is 82.3 Å². The van der Waals surface area contributed by atoms with Gasteiger partial charge in [0, 0.05) is 23.2 Å². The fourth-order valence-electron chi connectivity index (χ4n) is 7.37. The summed E-state index contributed by atoms with van der Waals surface area (Å²) in [5.74, 6) is 0.700. The lowest BCUT2D eigenvalue weighted by molar-refractivity contribution is -0.131. The van der Waals surface area contributed by atoms with E-state index < -0.39 is 15.6 Å². The first-order valence-corrected chi connectivity index (χ1v) is 13.7. The molecule has 1 aliphatic heterocycles. The second-order valence-electron chi connectivity index (χ2n) is 10.9. The quantitative estimate of drug-likeness (QED) is 0.574. The van der Waals surface area contributed by atoms with Crippen LogP contribution in [0, 0.1) is 23.2 Å². The van der Waals surface area contributed by atoms with Crippen molar-refractivity contribution >= 4 is 21.7 Å². The van der Waals surface area contributed by atoms with E-state index >= 15 is 0 Å². The van der Waals surface area contributed by atoms with Crippen molar-refractivity contribution in [2.24, 2.45) is 11.8 Å². The third-order valence-electron chi connectivity index (χ3n) is 8.32. The zero-order chi connectivity index (χ0) is 24.1. The Morgan fingerprint density at radius 1 is 1.12 bits per heavy atom. The Hall–Kier alpha value is -2.28. The Morgan fingerprint density at radius 3 is 2.38 bits per heavy atom. The van der Waals surface area contributed by atoms with Gasteiger partial charge in [-0.1, -0.05) is 12.1 Å². The third kappa shape index (κ3) is 4.28. The van der Waals surface area contributed by atoms with E-state index in [1.807, 2.05) is 0 Å². The third-order valence-corrected chi connectivity index (χ3v) is 9.91. The van der Waals surface area contributed by atoms with Crippen molar-refractivity contribution in [2.45, 2.75) is 80.3 Å². The van der Waals surface area contributed by atoms with Crippen LogP contribution < -0.4 is 10.0 Å². The van der Waals surface area contributed by atoms with Crippen LogP contribution >= 0.6 is 0 Å². The van der Waals surface area contributed by atoms with E-state index in [1.165, 1.54) is 19.1 Å². The molecule has 1 aromatic carbocycles. The highest BCUT2D eigenvalue weighted by atomic mass is 32.2. The van der Waals surface area contributed by atoms with Crippen molar-refractivity contribution in [3.8, 4) is 6.07 Å². The molecule has 3 atom stereocenters. The number of carbonyl (C=O) groups is 2. The summed E-state index contributed by atoms with van der Waals surface area (Å²) >= 11 is 0. The van der Waals surface area contributed by atoms with Gasteiger partial charge in [-0.15, -0.1) is 0 Å². The minimum atomic E-state index is -3.75. The predicted octanol–water partition coefficient (Wildman–Crippen LogP) is 2.36. The van der Waals surface area contributed by atoms with Gasteiger partial charge in [0.25, 0.3) is 0 Å². The Morgan fingerprint density at radius 2 is 1.76 bits per heavy atom. The van der Waals surface area contributed by atoms with Gasteiger partial charge >= 0.3 is 0 Å². The van der Waals surface area contributed by atoms with Crippen LogP contribution in [0.25, 0.3) is 0 Å². The molecule has 2 unspecified atom stereocenters. The number of ketones is 1. The molecule has 1 heterocycles. The number of likely N-dealkylation sites (tertiary alicyclic amines) is 1. The van der Waals surface area contributed by atoms with Crippen LogP contribution in [0.4, 0.5) is 0 Å². The van der Waals surface area contributed by atoms with Crippen LogP contribution in [0.15, 0.2) is 29.2 Å². The molecular formula is C25H32N4O4S. The molecule has 182 valence electrons. The lowest BCUT2D eigenvalue weighted by Gasteiger charge is -2.62. The van der Waals surface area contributed by atoms with E-state index in [-0.39, 0.29) is 34.7 Å². The number of Topliss-reactive ketones (excluding diaryl/α,β-unsaturated/α-hetero) is 1. The molecule has 0 spiro atoms. The molecule has 9 heteroatoms. The summed E-state index contributed by atoms with van der Waals surface area (Å²) in [4.78, 5) is 26.3. The maximum Gasteiger partial charge on any atom is 0.241 e. The minimum Gasteiger partial charge on any atom is -0.326 e. The highest BCUT2D eigenvalue weighted by Gasteiger charge is 2.58. The Labute approximate surface area is 201 Å². The van der Waals surface area contributed by atoms with Gasteiger partial charge in [-0.25, -0.2) is 13.1 Å². The number of hydrogen-bond acceptors (Lipinski definition) is 6. The summed E-state index contributed by atoms with van der Waals surface area (Å²) in [5.41, 5.74) is -0.304. The van der Waals surface area contributed by atoms with Gasteiger partial charge in [0.2, 0.25) is 15.9 Å². The van der Waals surface area contributed by atoms with E-state index in [0.29, 0.717) is 30.4 Å². The zero-order valence-corrected chi connectivity index (χ0v) is 20.4. The van der Waals surface area contributed by atoms with Crippen LogP contribution in [0.1, 0.15) is 68.6 Å². The summed E-state index contributed by atoms with van der Waals surface area (Å²) in [5, 5.41) is 12.9. The molecule has 5 fully saturated rings. The highest BCUT2D eigenvalue weighted by Crippen LogP contribution is 2.57. The number of nitrogens with one attached hydrogen (secondary N) is 2. The topological polar surface area (TPSA) is 119 Å². The van der Waals surface area contributed by atoms with E-state index in [9.17, 15) is 23.3 Å². The van der Waals surface area contributed by atoms with Crippen molar-refractivity contribution < 1.29 is 18.0 Å². The smallest absolute Gasteiger partial charge is 0.241 e. The van der Waals surface area contributed by atoms with Gasteiger partial charge in [-0.3, -0.25) is 9.59 Å². The standard InChI is InChI=1S/C25H32N4O4S/c1-17(30)20-4-6-22(7-5-20)34(32,33)28-25-12-18-9-19(13-25)11-24(10-18,16-25)27-15-23(31)29-8-2-3-21(29)14-26/h4-7,18-19,21,27-28H,2-3,8-13,15-16H2,1H3/t18?,19?,21-,24?,25?/m0/s1. The number of rotatable bonds is 7. The maximum absolute atomic E-state index is 13.3. The fraction of sp³-hybridized carbons (Fsp3) is 0.640. The van der Waals surface area contributed by atoms with Crippen molar-refractivity contribution in [3.05, 3.63) is 29.8 Å². The first-order chi connectivity index (χ1) is 16.1. The van der Waals surface area contributed by atoms with Crippen LogP contribution in [0.2, 0.25) is 0 Å². The second-order valence-corrected chi connectivity index (χ2v) is 12.6. The average Bonchev–Trinajstić information content (AvgIpc) is 3.25. The van der Waals surface area contributed by atoms with Crippen molar-refractivity contribution in [1.82, 2.24) is 14.9 Å². The van der Waals surface area contributed by atoms with Crippen LogP contribution in [0.3, 0.4) is 0 Å². The van der Waals surface area contributed by atoms with Gasteiger partial charge < -0.3 is 10.2 Å². The van der Waals surface area contributed by atoms with Crippen LogP contribution in [-0.4, -0.2) is 55.2 Å². The number of amides is 1. The molecule has 5 aliphatic rings. The molecule has 6 rings (SSSR count). The Balaban J connectivity index is 1.32.